The van der Waals surface area contributed by atoms with Crippen molar-refractivity contribution in [3.05, 3.63) is 29.6 Å². The first-order valence-electron chi connectivity index (χ1n) is 6.48. The van der Waals surface area contributed by atoms with Gasteiger partial charge in [0.25, 0.3) is 0 Å². The average Bonchev–Trinajstić information content (AvgIpc) is 2.39. The maximum Gasteiger partial charge on any atom is 0.123 e. The Hall–Kier alpha value is -1.13. The predicted molar refractivity (Wildman–Crippen MR) is 71.1 cm³/mol. The van der Waals surface area contributed by atoms with Gasteiger partial charge in [-0.15, -0.1) is 0 Å². The Kier molecular flexibility index (Phi) is 4.55. The van der Waals surface area contributed by atoms with Gasteiger partial charge in [0.05, 0.1) is 0 Å². The number of nitrogens with two attached hydrogens (primary N) is 1. The summed E-state index contributed by atoms with van der Waals surface area (Å²) in [6.07, 6.45) is 2.20. The maximum absolute atomic E-state index is 13.2. The molecule has 1 aliphatic heterocycles. The van der Waals surface area contributed by atoms with Crippen LogP contribution in [0.15, 0.2) is 18.2 Å². The summed E-state index contributed by atoms with van der Waals surface area (Å²) in [5.41, 5.74) is 7.58. The smallest absolute Gasteiger partial charge is 0.123 e. The highest BCUT2D eigenvalue weighted by Crippen LogP contribution is 2.23. The van der Waals surface area contributed by atoms with Gasteiger partial charge in [-0.2, -0.15) is 0 Å². The summed E-state index contributed by atoms with van der Waals surface area (Å²) in [6, 6.07) is 4.83. The minimum Gasteiger partial charge on any atom is -0.381 e. The lowest BCUT2D eigenvalue weighted by atomic mass is 9.99. The minimum atomic E-state index is -0.223. The van der Waals surface area contributed by atoms with Crippen LogP contribution in [-0.2, 0) is 11.3 Å². The largest absolute Gasteiger partial charge is 0.381 e. The van der Waals surface area contributed by atoms with Crippen molar-refractivity contribution >= 4 is 5.69 Å². The summed E-state index contributed by atoms with van der Waals surface area (Å²) in [5.74, 6) is 0.429. The van der Waals surface area contributed by atoms with Gasteiger partial charge in [0.15, 0.2) is 0 Å². The number of halogens is 1. The molecule has 1 aromatic rings. The van der Waals surface area contributed by atoms with Crippen molar-refractivity contribution in [2.45, 2.75) is 19.4 Å². The Bertz CT molecular complexity index is 391. The lowest BCUT2D eigenvalue weighted by molar-refractivity contribution is 0.0685. The SMILES string of the molecule is CN(CC1CCOCC1)c1ccc(F)cc1CN. The first kappa shape index (κ1) is 13.3. The van der Waals surface area contributed by atoms with Crippen molar-refractivity contribution in [2.24, 2.45) is 11.7 Å². The third kappa shape index (κ3) is 3.21. The fourth-order valence-corrected chi connectivity index (χ4v) is 2.50. The quantitative estimate of drug-likeness (QED) is 0.892. The van der Waals surface area contributed by atoms with Gasteiger partial charge in [0, 0.05) is 39.0 Å². The van der Waals surface area contributed by atoms with Gasteiger partial charge in [-0.3, -0.25) is 0 Å². The van der Waals surface area contributed by atoms with E-state index in [9.17, 15) is 4.39 Å². The normalized spacial score (nSPS) is 16.8. The van der Waals surface area contributed by atoms with Gasteiger partial charge >= 0.3 is 0 Å². The van der Waals surface area contributed by atoms with Crippen LogP contribution in [0.4, 0.5) is 10.1 Å². The van der Waals surface area contributed by atoms with E-state index in [0.29, 0.717) is 12.5 Å². The van der Waals surface area contributed by atoms with E-state index in [1.165, 1.54) is 12.1 Å². The second-order valence-electron chi connectivity index (χ2n) is 4.91. The summed E-state index contributed by atoms with van der Waals surface area (Å²) in [7, 11) is 2.04. The molecule has 0 aliphatic carbocycles. The standard InChI is InChI=1S/C14H21FN2O/c1-17(10-11-4-6-18-7-5-11)14-3-2-13(15)8-12(14)9-16/h2-3,8,11H,4-7,9-10,16H2,1H3. The van der Waals surface area contributed by atoms with Crippen LogP contribution in [-0.4, -0.2) is 26.8 Å². The summed E-state index contributed by atoms with van der Waals surface area (Å²) in [4.78, 5) is 2.18. The molecule has 0 spiro atoms. The Morgan fingerprint density at radius 1 is 1.39 bits per heavy atom. The number of nitrogens with zero attached hydrogens (tertiary/aromatic N) is 1. The molecule has 2 rings (SSSR count). The van der Waals surface area contributed by atoms with Gasteiger partial charge in [0.2, 0.25) is 0 Å². The first-order valence-corrected chi connectivity index (χ1v) is 6.48. The van der Waals surface area contributed by atoms with Crippen molar-refractivity contribution in [1.29, 1.82) is 0 Å². The molecule has 0 radical (unpaired) electrons. The summed E-state index contributed by atoms with van der Waals surface area (Å²) in [5, 5.41) is 0. The molecular formula is C14H21FN2O. The summed E-state index contributed by atoms with van der Waals surface area (Å²) < 4.78 is 18.5. The van der Waals surface area contributed by atoms with Crippen LogP contribution in [0, 0.1) is 11.7 Å². The van der Waals surface area contributed by atoms with E-state index in [1.807, 2.05) is 13.1 Å². The molecule has 1 saturated heterocycles. The van der Waals surface area contributed by atoms with Crippen LogP contribution < -0.4 is 10.6 Å². The number of rotatable bonds is 4. The molecule has 0 atom stereocenters. The van der Waals surface area contributed by atoms with E-state index < -0.39 is 0 Å². The number of anilines is 1. The van der Waals surface area contributed by atoms with E-state index in [4.69, 9.17) is 10.5 Å². The molecule has 3 nitrogen and oxygen atoms in total. The fourth-order valence-electron chi connectivity index (χ4n) is 2.50. The van der Waals surface area contributed by atoms with Crippen LogP contribution in [0.25, 0.3) is 0 Å². The summed E-state index contributed by atoms with van der Waals surface area (Å²) >= 11 is 0. The Morgan fingerprint density at radius 3 is 2.78 bits per heavy atom. The average molecular weight is 252 g/mol. The summed E-state index contributed by atoms with van der Waals surface area (Å²) in [6.45, 7) is 3.05. The molecule has 1 heterocycles. The van der Waals surface area contributed by atoms with E-state index in [1.54, 1.807) is 0 Å². The molecule has 0 aromatic heterocycles. The van der Waals surface area contributed by atoms with Gasteiger partial charge in [-0.25, -0.2) is 4.39 Å². The van der Waals surface area contributed by atoms with Gasteiger partial charge in [-0.05, 0) is 42.5 Å². The number of hydrogen-bond donors (Lipinski definition) is 1. The maximum atomic E-state index is 13.2. The zero-order chi connectivity index (χ0) is 13.0. The molecule has 18 heavy (non-hydrogen) atoms. The van der Waals surface area contributed by atoms with Crippen molar-refractivity contribution in [3.8, 4) is 0 Å². The predicted octanol–water partition coefficient (Wildman–Crippen LogP) is 2.15. The molecule has 100 valence electrons. The third-order valence-electron chi connectivity index (χ3n) is 3.55. The first-order chi connectivity index (χ1) is 8.70. The van der Waals surface area contributed by atoms with Gasteiger partial charge in [-0.1, -0.05) is 0 Å². The topological polar surface area (TPSA) is 38.5 Å². The minimum absolute atomic E-state index is 0.223. The van der Waals surface area contributed by atoms with Crippen molar-refractivity contribution in [1.82, 2.24) is 0 Å². The zero-order valence-electron chi connectivity index (χ0n) is 10.9. The lowest BCUT2D eigenvalue weighted by Gasteiger charge is -2.29. The number of hydrogen-bond acceptors (Lipinski definition) is 3. The Labute approximate surface area is 108 Å². The van der Waals surface area contributed by atoms with E-state index >= 15 is 0 Å². The van der Waals surface area contributed by atoms with Gasteiger partial charge in [0.1, 0.15) is 5.82 Å². The van der Waals surface area contributed by atoms with E-state index in [2.05, 4.69) is 4.90 Å². The molecule has 2 N–H and O–H groups in total. The Balaban J connectivity index is 2.05. The second-order valence-corrected chi connectivity index (χ2v) is 4.91. The van der Waals surface area contributed by atoms with Crippen LogP contribution in [0.1, 0.15) is 18.4 Å². The molecule has 0 saturated carbocycles. The third-order valence-corrected chi connectivity index (χ3v) is 3.55. The van der Waals surface area contributed by atoms with Crippen molar-refractivity contribution < 1.29 is 9.13 Å². The molecule has 0 bridgehead atoms. The van der Waals surface area contributed by atoms with Crippen LogP contribution in [0.3, 0.4) is 0 Å². The molecule has 0 amide bonds. The highest BCUT2D eigenvalue weighted by atomic mass is 19.1. The monoisotopic (exact) mass is 252 g/mol. The molecule has 1 aromatic carbocycles. The van der Waals surface area contributed by atoms with Crippen molar-refractivity contribution in [3.63, 3.8) is 0 Å². The highest BCUT2D eigenvalue weighted by Gasteiger charge is 2.17. The molecule has 0 unspecified atom stereocenters. The number of benzene rings is 1. The highest BCUT2D eigenvalue weighted by molar-refractivity contribution is 5.53. The van der Waals surface area contributed by atoms with Crippen molar-refractivity contribution in [2.75, 3.05) is 31.7 Å². The molecule has 4 heteroatoms. The van der Waals surface area contributed by atoms with Crippen LogP contribution in [0.5, 0.6) is 0 Å². The van der Waals surface area contributed by atoms with Crippen LogP contribution in [0.2, 0.25) is 0 Å². The molecular weight excluding hydrogens is 231 g/mol. The van der Waals surface area contributed by atoms with Crippen LogP contribution >= 0.6 is 0 Å². The molecule has 1 fully saturated rings. The Morgan fingerprint density at radius 2 is 2.11 bits per heavy atom. The molecule has 1 aliphatic rings. The van der Waals surface area contributed by atoms with E-state index in [0.717, 1.165) is 43.9 Å². The van der Waals surface area contributed by atoms with Gasteiger partial charge < -0.3 is 15.4 Å². The number of ether oxygens (including phenoxy) is 1. The zero-order valence-corrected chi connectivity index (χ0v) is 10.9. The second kappa shape index (κ2) is 6.16. The lowest BCUT2D eigenvalue weighted by Crippen LogP contribution is -2.30. The fraction of sp³-hybridized carbons (Fsp3) is 0.571. The van der Waals surface area contributed by atoms with E-state index in [-0.39, 0.29) is 5.82 Å².